The van der Waals surface area contributed by atoms with Crippen LogP contribution in [0.3, 0.4) is 0 Å². The van der Waals surface area contributed by atoms with E-state index in [1.54, 1.807) is 0 Å². The van der Waals surface area contributed by atoms with E-state index in [9.17, 15) is 0 Å². The lowest BCUT2D eigenvalue weighted by molar-refractivity contribution is 0.912. The fourth-order valence-electron chi connectivity index (χ4n) is 2.22. The van der Waals surface area contributed by atoms with Gasteiger partial charge in [0.05, 0.1) is 5.69 Å². The molecular weight excluding hydrogens is 186 g/mol. The summed E-state index contributed by atoms with van der Waals surface area (Å²) >= 11 is 0. The highest BCUT2D eigenvalue weighted by atomic mass is 15.2. The van der Waals surface area contributed by atoms with Crippen LogP contribution < -0.4 is 5.73 Å². The number of fused-ring (bicyclic) bond motifs is 1. The molecule has 0 bridgehead atoms. The van der Waals surface area contributed by atoms with Crippen molar-refractivity contribution >= 4 is 5.82 Å². The van der Waals surface area contributed by atoms with E-state index in [0.29, 0.717) is 5.82 Å². The highest BCUT2D eigenvalue weighted by Gasteiger charge is 2.11. The number of hydrogen-bond donors (Lipinski definition) is 2. The zero-order valence-corrected chi connectivity index (χ0v) is 8.46. The number of hydrogen-bond acceptors (Lipinski definition) is 2. The lowest BCUT2D eigenvalue weighted by Gasteiger charge is -2.02. The van der Waals surface area contributed by atoms with Gasteiger partial charge in [-0.3, -0.25) is 5.10 Å². The molecule has 0 radical (unpaired) electrons. The standard InChI is InChI=1S/C12H13N3/c13-12-7-11(14-15-12)10-5-4-8-2-1-3-9(8)6-10/h4-7H,1-3H2,(H3,13,14,15). The van der Waals surface area contributed by atoms with Crippen LogP contribution in [-0.4, -0.2) is 10.2 Å². The van der Waals surface area contributed by atoms with Crippen molar-refractivity contribution in [3.8, 4) is 11.3 Å². The summed E-state index contributed by atoms with van der Waals surface area (Å²) < 4.78 is 0. The smallest absolute Gasteiger partial charge is 0.145 e. The van der Waals surface area contributed by atoms with Crippen molar-refractivity contribution in [2.24, 2.45) is 0 Å². The maximum Gasteiger partial charge on any atom is 0.145 e. The van der Waals surface area contributed by atoms with Crippen LogP contribution in [0.25, 0.3) is 11.3 Å². The van der Waals surface area contributed by atoms with Gasteiger partial charge < -0.3 is 5.73 Å². The van der Waals surface area contributed by atoms with Crippen molar-refractivity contribution in [3.05, 3.63) is 35.4 Å². The highest BCUT2D eigenvalue weighted by molar-refractivity contribution is 5.63. The Hall–Kier alpha value is -1.77. The average Bonchev–Trinajstić information content (AvgIpc) is 2.84. The minimum atomic E-state index is 0.547. The van der Waals surface area contributed by atoms with Gasteiger partial charge in [0.1, 0.15) is 5.82 Å². The third kappa shape index (κ3) is 1.40. The molecule has 3 nitrogen and oxygen atoms in total. The Balaban J connectivity index is 2.06. The van der Waals surface area contributed by atoms with Crippen molar-refractivity contribution in [1.29, 1.82) is 0 Å². The molecule has 15 heavy (non-hydrogen) atoms. The fraction of sp³-hybridized carbons (Fsp3) is 0.250. The van der Waals surface area contributed by atoms with E-state index in [4.69, 9.17) is 5.73 Å². The monoisotopic (exact) mass is 199 g/mol. The van der Waals surface area contributed by atoms with Crippen LogP contribution in [0.4, 0.5) is 5.82 Å². The van der Waals surface area contributed by atoms with Crippen LogP contribution in [0.5, 0.6) is 0 Å². The average molecular weight is 199 g/mol. The van der Waals surface area contributed by atoms with Gasteiger partial charge in [-0.25, -0.2) is 0 Å². The van der Waals surface area contributed by atoms with Crippen molar-refractivity contribution < 1.29 is 0 Å². The Morgan fingerprint density at radius 1 is 1.13 bits per heavy atom. The SMILES string of the molecule is Nc1cc(-c2ccc3c(c2)CCC3)[nH]n1. The molecular formula is C12H13N3. The molecule has 1 aliphatic carbocycles. The molecule has 1 aliphatic rings. The number of nitrogens with one attached hydrogen (secondary N) is 1. The van der Waals surface area contributed by atoms with Crippen molar-refractivity contribution in [2.75, 3.05) is 5.73 Å². The first-order chi connectivity index (χ1) is 7.33. The van der Waals surface area contributed by atoms with E-state index in [0.717, 1.165) is 5.69 Å². The molecule has 3 rings (SSSR count). The molecule has 0 saturated carbocycles. The maximum absolute atomic E-state index is 5.59. The van der Waals surface area contributed by atoms with E-state index in [-0.39, 0.29) is 0 Å². The maximum atomic E-state index is 5.59. The molecule has 0 atom stereocenters. The second kappa shape index (κ2) is 3.12. The molecule has 1 aromatic carbocycles. The van der Waals surface area contributed by atoms with Crippen molar-refractivity contribution in [1.82, 2.24) is 10.2 Å². The molecule has 3 N–H and O–H groups in total. The third-order valence-corrected chi connectivity index (χ3v) is 3.01. The van der Waals surface area contributed by atoms with Crippen LogP contribution >= 0.6 is 0 Å². The molecule has 76 valence electrons. The number of aromatic nitrogens is 2. The molecule has 0 amide bonds. The van der Waals surface area contributed by atoms with Gasteiger partial charge in [-0.1, -0.05) is 12.1 Å². The van der Waals surface area contributed by atoms with Gasteiger partial charge in [0, 0.05) is 6.07 Å². The van der Waals surface area contributed by atoms with Crippen LogP contribution in [-0.2, 0) is 12.8 Å². The second-order valence-electron chi connectivity index (χ2n) is 4.04. The Labute approximate surface area is 88.3 Å². The Morgan fingerprint density at radius 2 is 2.00 bits per heavy atom. The number of H-pyrrole nitrogens is 1. The molecule has 2 aromatic rings. The lowest BCUT2D eigenvalue weighted by Crippen LogP contribution is -1.84. The minimum Gasteiger partial charge on any atom is -0.382 e. The van der Waals surface area contributed by atoms with Crippen LogP contribution in [0.15, 0.2) is 24.3 Å². The first-order valence-electron chi connectivity index (χ1n) is 5.26. The number of anilines is 1. The quantitative estimate of drug-likeness (QED) is 0.739. The summed E-state index contributed by atoms with van der Waals surface area (Å²) in [4.78, 5) is 0. The zero-order valence-electron chi connectivity index (χ0n) is 8.46. The zero-order chi connectivity index (χ0) is 10.3. The minimum absolute atomic E-state index is 0.547. The molecule has 0 fully saturated rings. The number of nitrogens with two attached hydrogens (primary N) is 1. The van der Waals surface area contributed by atoms with Gasteiger partial charge in [0.15, 0.2) is 0 Å². The number of aromatic amines is 1. The Bertz CT molecular complexity index is 499. The first kappa shape index (κ1) is 8.53. The van der Waals surface area contributed by atoms with Crippen molar-refractivity contribution in [3.63, 3.8) is 0 Å². The highest BCUT2D eigenvalue weighted by Crippen LogP contribution is 2.27. The molecule has 3 heteroatoms. The summed E-state index contributed by atoms with van der Waals surface area (Å²) in [6.45, 7) is 0. The predicted octanol–water partition coefficient (Wildman–Crippen LogP) is 2.15. The topological polar surface area (TPSA) is 54.7 Å². The van der Waals surface area contributed by atoms with Gasteiger partial charge in [0.2, 0.25) is 0 Å². The summed E-state index contributed by atoms with van der Waals surface area (Å²) in [5.74, 6) is 0.547. The van der Waals surface area contributed by atoms with Crippen LogP contribution in [0, 0.1) is 0 Å². The summed E-state index contributed by atoms with van der Waals surface area (Å²) in [7, 11) is 0. The predicted molar refractivity (Wildman–Crippen MR) is 60.5 cm³/mol. The molecule has 0 unspecified atom stereocenters. The number of nitrogen functional groups attached to an aromatic ring is 1. The number of benzene rings is 1. The summed E-state index contributed by atoms with van der Waals surface area (Å²) in [5, 5.41) is 6.88. The summed E-state index contributed by atoms with van der Waals surface area (Å²) in [5.41, 5.74) is 10.7. The van der Waals surface area contributed by atoms with Gasteiger partial charge in [-0.05, 0) is 42.0 Å². The van der Waals surface area contributed by atoms with Crippen LogP contribution in [0.1, 0.15) is 17.5 Å². The fourth-order valence-corrected chi connectivity index (χ4v) is 2.22. The number of aryl methyl sites for hydroxylation is 2. The largest absolute Gasteiger partial charge is 0.382 e. The van der Waals surface area contributed by atoms with E-state index < -0.39 is 0 Å². The first-order valence-corrected chi connectivity index (χ1v) is 5.26. The van der Waals surface area contributed by atoms with Gasteiger partial charge in [0.25, 0.3) is 0 Å². The van der Waals surface area contributed by atoms with E-state index in [2.05, 4.69) is 28.4 Å². The van der Waals surface area contributed by atoms with Crippen molar-refractivity contribution in [2.45, 2.75) is 19.3 Å². The third-order valence-electron chi connectivity index (χ3n) is 3.01. The van der Waals surface area contributed by atoms with E-state index in [1.807, 2.05) is 6.07 Å². The number of rotatable bonds is 1. The Kier molecular flexibility index (Phi) is 1.78. The second-order valence-corrected chi connectivity index (χ2v) is 4.04. The van der Waals surface area contributed by atoms with E-state index in [1.165, 1.54) is 36.0 Å². The number of nitrogens with zero attached hydrogens (tertiary/aromatic N) is 1. The molecule has 0 aliphatic heterocycles. The van der Waals surface area contributed by atoms with Gasteiger partial charge in [-0.2, -0.15) is 5.10 Å². The molecule has 0 spiro atoms. The van der Waals surface area contributed by atoms with E-state index >= 15 is 0 Å². The Morgan fingerprint density at radius 3 is 2.80 bits per heavy atom. The summed E-state index contributed by atoms with van der Waals surface area (Å²) in [6, 6.07) is 8.47. The molecule has 1 heterocycles. The molecule has 0 saturated heterocycles. The normalized spacial score (nSPS) is 14.1. The van der Waals surface area contributed by atoms with Gasteiger partial charge >= 0.3 is 0 Å². The summed E-state index contributed by atoms with van der Waals surface area (Å²) in [6.07, 6.45) is 3.71. The van der Waals surface area contributed by atoms with Crippen LogP contribution in [0.2, 0.25) is 0 Å². The lowest BCUT2D eigenvalue weighted by atomic mass is 10.0. The van der Waals surface area contributed by atoms with Gasteiger partial charge in [-0.15, -0.1) is 0 Å². The molecule has 1 aromatic heterocycles.